The van der Waals surface area contributed by atoms with Crippen molar-refractivity contribution in [2.75, 3.05) is 45.3 Å². The second kappa shape index (κ2) is 8.06. The fraction of sp³-hybridized carbons (Fsp3) is 0.588. The van der Waals surface area contributed by atoms with E-state index in [-0.39, 0.29) is 11.9 Å². The van der Waals surface area contributed by atoms with Gasteiger partial charge < -0.3 is 25.0 Å². The van der Waals surface area contributed by atoms with Gasteiger partial charge >= 0.3 is 0 Å². The molecule has 128 valence electrons. The van der Waals surface area contributed by atoms with Gasteiger partial charge in [-0.25, -0.2) is 0 Å². The van der Waals surface area contributed by atoms with Crippen LogP contribution < -0.4 is 20.1 Å². The molecule has 1 aliphatic rings. The van der Waals surface area contributed by atoms with E-state index in [2.05, 4.69) is 4.90 Å². The summed E-state index contributed by atoms with van der Waals surface area (Å²) in [6.07, 6.45) is 1.34. The van der Waals surface area contributed by atoms with Crippen LogP contribution in [-0.2, 0) is 4.79 Å². The van der Waals surface area contributed by atoms with Gasteiger partial charge in [0.1, 0.15) is 11.5 Å². The van der Waals surface area contributed by atoms with Crippen molar-refractivity contribution in [1.82, 2.24) is 4.90 Å². The third-order valence-electron chi connectivity index (χ3n) is 4.05. The lowest BCUT2D eigenvalue weighted by Gasteiger charge is -2.25. The maximum absolute atomic E-state index is 12.2. The Labute approximate surface area is 138 Å². The number of hydrogen-bond acceptors (Lipinski definition) is 5. The highest BCUT2D eigenvalue weighted by molar-refractivity contribution is 5.77. The number of ether oxygens (including phenoxy) is 2. The minimum absolute atomic E-state index is 0.0931. The van der Waals surface area contributed by atoms with Crippen molar-refractivity contribution >= 4 is 11.6 Å². The highest BCUT2D eigenvalue weighted by atomic mass is 16.5. The van der Waals surface area contributed by atoms with Crippen molar-refractivity contribution in [3.05, 3.63) is 18.2 Å². The first kappa shape index (κ1) is 17.4. The highest BCUT2D eigenvalue weighted by Crippen LogP contribution is 2.29. The molecule has 23 heavy (non-hydrogen) atoms. The molecular formula is C17H27N3O3. The summed E-state index contributed by atoms with van der Waals surface area (Å²) in [4.78, 5) is 16.4. The predicted molar refractivity (Wildman–Crippen MR) is 91.2 cm³/mol. The second-order valence-corrected chi connectivity index (χ2v) is 5.97. The number of carbonyl (C=O) groups excluding carboxylic acids is 1. The van der Waals surface area contributed by atoms with Crippen LogP contribution in [0.1, 0.15) is 19.8 Å². The van der Waals surface area contributed by atoms with Crippen LogP contribution in [0.15, 0.2) is 18.2 Å². The normalized spacial score (nSPS) is 16.7. The lowest BCUT2D eigenvalue weighted by molar-refractivity contribution is -0.131. The van der Waals surface area contributed by atoms with Gasteiger partial charge in [0.05, 0.1) is 14.2 Å². The second-order valence-electron chi connectivity index (χ2n) is 5.97. The Kier molecular flexibility index (Phi) is 6.10. The number of nitrogens with two attached hydrogens (primary N) is 1. The Morgan fingerprint density at radius 1 is 1.13 bits per heavy atom. The van der Waals surface area contributed by atoms with E-state index in [1.807, 2.05) is 30.0 Å². The SMILES string of the molecule is COc1cc(OC)cc(N2CCCN(C(=O)C[C@H](C)N)CC2)c1. The number of anilines is 1. The van der Waals surface area contributed by atoms with Crippen molar-refractivity contribution in [3.63, 3.8) is 0 Å². The molecule has 6 heteroatoms. The molecule has 1 aromatic carbocycles. The topological polar surface area (TPSA) is 68.0 Å². The monoisotopic (exact) mass is 321 g/mol. The van der Waals surface area contributed by atoms with Gasteiger partial charge in [0, 0.05) is 62.5 Å². The zero-order valence-corrected chi connectivity index (χ0v) is 14.2. The van der Waals surface area contributed by atoms with Crippen LogP contribution in [-0.4, -0.2) is 57.2 Å². The molecule has 0 aromatic heterocycles. The first-order valence-corrected chi connectivity index (χ1v) is 8.05. The number of hydrogen-bond donors (Lipinski definition) is 1. The maximum atomic E-state index is 12.2. The third-order valence-corrected chi connectivity index (χ3v) is 4.05. The van der Waals surface area contributed by atoms with Crippen LogP contribution >= 0.6 is 0 Å². The molecular weight excluding hydrogens is 294 g/mol. The van der Waals surface area contributed by atoms with Gasteiger partial charge in [-0.05, 0) is 13.3 Å². The lowest BCUT2D eigenvalue weighted by Crippen LogP contribution is -2.37. The number of methoxy groups -OCH3 is 2. The number of amides is 1. The molecule has 0 radical (unpaired) electrons. The van der Waals surface area contributed by atoms with Crippen molar-refractivity contribution in [3.8, 4) is 11.5 Å². The summed E-state index contributed by atoms with van der Waals surface area (Å²) < 4.78 is 10.7. The molecule has 0 bridgehead atoms. The van der Waals surface area contributed by atoms with Gasteiger partial charge in [0.15, 0.2) is 0 Å². The summed E-state index contributed by atoms with van der Waals surface area (Å²) in [5.41, 5.74) is 6.79. The van der Waals surface area contributed by atoms with Gasteiger partial charge in [-0.1, -0.05) is 0 Å². The van der Waals surface area contributed by atoms with E-state index in [4.69, 9.17) is 15.2 Å². The van der Waals surface area contributed by atoms with Crippen LogP contribution in [0.5, 0.6) is 11.5 Å². The predicted octanol–water partition coefficient (Wildman–Crippen LogP) is 1.48. The van der Waals surface area contributed by atoms with E-state index in [9.17, 15) is 4.79 Å². The molecule has 1 aromatic rings. The number of nitrogens with zero attached hydrogens (tertiary/aromatic N) is 2. The van der Waals surface area contributed by atoms with Gasteiger partial charge in [-0.2, -0.15) is 0 Å². The van der Waals surface area contributed by atoms with Crippen molar-refractivity contribution in [2.45, 2.75) is 25.8 Å². The molecule has 1 amide bonds. The molecule has 2 rings (SSSR count). The Bertz CT molecular complexity index is 512. The maximum Gasteiger partial charge on any atom is 0.224 e. The first-order valence-electron chi connectivity index (χ1n) is 8.05. The Balaban J connectivity index is 2.07. The van der Waals surface area contributed by atoms with Crippen molar-refractivity contribution < 1.29 is 14.3 Å². The summed E-state index contributed by atoms with van der Waals surface area (Å²) in [7, 11) is 3.30. The van der Waals surface area contributed by atoms with Crippen molar-refractivity contribution in [1.29, 1.82) is 0 Å². The zero-order valence-electron chi connectivity index (χ0n) is 14.2. The molecule has 1 aliphatic heterocycles. The van der Waals surface area contributed by atoms with Crippen LogP contribution in [0.4, 0.5) is 5.69 Å². The Morgan fingerprint density at radius 3 is 2.35 bits per heavy atom. The Hall–Kier alpha value is -1.95. The molecule has 1 saturated heterocycles. The smallest absolute Gasteiger partial charge is 0.224 e. The van der Waals surface area contributed by atoms with Gasteiger partial charge in [0.25, 0.3) is 0 Å². The van der Waals surface area contributed by atoms with Crippen LogP contribution in [0, 0.1) is 0 Å². The summed E-state index contributed by atoms with van der Waals surface area (Å²) in [6, 6.07) is 5.77. The minimum atomic E-state index is -0.0931. The number of carbonyl (C=O) groups is 1. The molecule has 0 saturated carbocycles. The zero-order chi connectivity index (χ0) is 16.8. The van der Waals surface area contributed by atoms with E-state index >= 15 is 0 Å². The fourth-order valence-corrected chi connectivity index (χ4v) is 2.80. The summed E-state index contributed by atoms with van der Waals surface area (Å²) in [5, 5.41) is 0. The Morgan fingerprint density at radius 2 is 1.78 bits per heavy atom. The van der Waals surface area contributed by atoms with Gasteiger partial charge in [-0.3, -0.25) is 4.79 Å². The molecule has 1 fully saturated rings. The van der Waals surface area contributed by atoms with E-state index < -0.39 is 0 Å². The van der Waals surface area contributed by atoms with E-state index in [1.54, 1.807) is 14.2 Å². The van der Waals surface area contributed by atoms with Crippen LogP contribution in [0.2, 0.25) is 0 Å². The summed E-state index contributed by atoms with van der Waals surface area (Å²) in [6.45, 7) is 5.05. The largest absolute Gasteiger partial charge is 0.497 e. The van der Waals surface area contributed by atoms with Crippen LogP contribution in [0.25, 0.3) is 0 Å². The fourth-order valence-electron chi connectivity index (χ4n) is 2.80. The number of benzene rings is 1. The molecule has 0 unspecified atom stereocenters. The van der Waals surface area contributed by atoms with E-state index in [0.29, 0.717) is 13.0 Å². The average Bonchev–Trinajstić information content (AvgIpc) is 2.79. The molecule has 0 spiro atoms. The highest BCUT2D eigenvalue weighted by Gasteiger charge is 2.20. The molecule has 0 aliphatic carbocycles. The minimum Gasteiger partial charge on any atom is -0.497 e. The molecule has 6 nitrogen and oxygen atoms in total. The first-order chi connectivity index (χ1) is 11.0. The van der Waals surface area contributed by atoms with E-state index in [0.717, 1.165) is 43.2 Å². The van der Waals surface area contributed by atoms with Gasteiger partial charge in [-0.15, -0.1) is 0 Å². The van der Waals surface area contributed by atoms with E-state index in [1.165, 1.54) is 0 Å². The number of rotatable bonds is 5. The summed E-state index contributed by atoms with van der Waals surface area (Å²) >= 11 is 0. The molecule has 1 atom stereocenters. The summed E-state index contributed by atoms with van der Waals surface area (Å²) in [5.74, 6) is 1.69. The molecule has 2 N–H and O–H groups in total. The van der Waals surface area contributed by atoms with Crippen LogP contribution in [0.3, 0.4) is 0 Å². The standard InChI is InChI=1S/C17H27N3O3/c1-13(18)9-17(21)20-6-4-5-19(7-8-20)14-10-15(22-2)12-16(11-14)23-3/h10-13H,4-9,18H2,1-3H3/t13-/m0/s1. The molecule has 1 heterocycles. The van der Waals surface area contributed by atoms with Crippen molar-refractivity contribution in [2.24, 2.45) is 5.73 Å². The average molecular weight is 321 g/mol. The third kappa shape index (κ3) is 4.76. The van der Waals surface area contributed by atoms with Gasteiger partial charge in [0.2, 0.25) is 5.91 Å². The quantitative estimate of drug-likeness (QED) is 0.890. The lowest BCUT2D eigenvalue weighted by atomic mass is 10.2.